The van der Waals surface area contributed by atoms with Crippen LogP contribution >= 0.6 is 0 Å². The highest BCUT2D eigenvalue weighted by Gasteiger charge is 2.09. The van der Waals surface area contributed by atoms with Gasteiger partial charge in [0, 0.05) is 18.8 Å². The van der Waals surface area contributed by atoms with Crippen LogP contribution in [-0.2, 0) is 4.79 Å². The zero-order chi connectivity index (χ0) is 11.2. The van der Waals surface area contributed by atoms with E-state index in [9.17, 15) is 4.79 Å². The summed E-state index contributed by atoms with van der Waals surface area (Å²) >= 11 is 0. The molecule has 1 N–H and O–H groups in total. The van der Waals surface area contributed by atoms with E-state index < -0.39 is 0 Å². The number of carbonyl (C=O) groups excluding carboxylic acids is 1. The van der Waals surface area contributed by atoms with Crippen molar-refractivity contribution in [2.45, 2.75) is 32.1 Å². The lowest BCUT2D eigenvalue weighted by molar-refractivity contribution is -0.115. The first kappa shape index (κ1) is 10.8. The topological polar surface area (TPSA) is 54.9 Å². The van der Waals surface area contributed by atoms with Crippen LogP contribution in [0.1, 0.15) is 32.1 Å². The van der Waals surface area contributed by atoms with Gasteiger partial charge in [-0.25, -0.2) is 4.98 Å². The Morgan fingerprint density at radius 3 is 3.00 bits per heavy atom. The zero-order valence-corrected chi connectivity index (χ0v) is 9.15. The highest BCUT2D eigenvalue weighted by molar-refractivity contribution is 5.91. The molecule has 1 aliphatic rings. The molecule has 4 heteroatoms. The zero-order valence-electron chi connectivity index (χ0n) is 9.15. The molecule has 0 bridgehead atoms. The number of nitrogens with one attached hydrogen (secondary N) is 1. The van der Waals surface area contributed by atoms with Gasteiger partial charge in [0.1, 0.15) is 0 Å². The van der Waals surface area contributed by atoms with Gasteiger partial charge in [0.05, 0.1) is 6.20 Å². The molecule has 0 radical (unpaired) electrons. The largest absolute Gasteiger partial charge is 0.309 e. The number of hydrogen-bond acceptors (Lipinski definition) is 3. The molecule has 1 aromatic rings. The number of rotatable bonds is 3. The molecule has 1 heterocycles. The summed E-state index contributed by atoms with van der Waals surface area (Å²) in [5.41, 5.74) is 1.24. The lowest BCUT2D eigenvalue weighted by Crippen LogP contribution is -2.14. The molecule has 4 nitrogen and oxygen atoms in total. The van der Waals surface area contributed by atoms with Crippen molar-refractivity contribution in [3.05, 3.63) is 30.2 Å². The van der Waals surface area contributed by atoms with Crippen molar-refractivity contribution in [3.63, 3.8) is 0 Å². The predicted octanol–water partition coefficient (Wildman–Crippen LogP) is 2.31. The van der Waals surface area contributed by atoms with E-state index in [1.54, 1.807) is 18.6 Å². The highest BCUT2D eigenvalue weighted by atomic mass is 16.1. The van der Waals surface area contributed by atoms with Gasteiger partial charge in [-0.1, -0.05) is 11.6 Å². The Labute approximate surface area is 94.8 Å². The fourth-order valence-corrected chi connectivity index (χ4v) is 1.82. The second-order valence-corrected chi connectivity index (χ2v) is 3.92. The molecule has 0 unspecified atom stereocenters. The Morgan fingerprint density at radius 2 is 2.31 bits per heavy atom. The minimum Gasteiger partial charge on any atom is -0.309 e. The molecular weight excluding hydrogens is 202 g/mol. The SMILES string of the molecule is O=C(CC1=CCCCC1)Nc1cnccn1. The molecular formula is C12H15N3O. The summed E-state index contributed by atoms with van der Waals surface area (Å²) < 4.78 is 0. The van der Waals surface area contributed by atoms with Crippen molar-refractivity contribution < 1.29 is 4.79 Å². The number of amides is 1. The minimum absolute atomic E-state index is 0.00588. The van der Waals surface area contributed by atoms with E-state index >= 15 is 0 Å². The van der Waals surface area contributed by atoms with Crippen LogP contribution in [0, 0.1) is 0 Å². The normalized spacial score (nSPS) is 15.4. The third kappa shape index (κ3) is 3.15. The summed E-state index contributed by atoms with van der Waals surface area (Å²) in [5.74, 6) is 0.512. The van der Waals surface area contributed by atoms with Gasteiger partial charge in [-0.15, -0.1) is 0 Å². The van der Waals surface area contributed by atoms with Crippen molar-refractivity contribution in [2.75, 3.05) is 5.32 Å². The van der Waals surface area contributed by atoms with Crippen LogP contribution in [0.2, 0.25) is 0 Å². The van der Waals surface area contributed by atoms with Crippen LogP contribution in [0.3, 0.4) is 0 Å². The summed E-state index contributed by atoms with van der Waals surface area (Å²) in [6.07, 6.45) is 12.0. The third-order valence-electron chi connectivity index (χ3n) is 2.60. The van der Waals surface area contributed by atoms with E-state index in [0.29, 0.717) is 12.2 Å². The van der Waals surface area contributed by atoms with Gasteiger partial charge in [0.2, 0.25) is 5.91 Å². The monoisotopic (exact) mass is 217 g/mol. The molecule has 0 saturated carbocycles. The molecule has 0 fully saturated rings. The Morgan fingerprint density at radius 1 is 1.38 bits per heavy atom. The summed E-state index contributed by atoms with van der Waals surface area (Å²) in [7, 11) is 0. The van der Waals surface area contributed by atoms with Crippen molar-refractivity contribution >= 4 is 11.7 Å². The average molecular weight is 217 g/mol. The number of hydrogen-bond donors (Lipinski definition) is 1. The summed E-state index contributed by atoms with van der Waals surface area (Å²) in [6.45, 7) is 0. The van der Waals surface area contributed by atoms with Crippen LogP contribution in [0.15, 0.2) is 30.2 Å². The fourth-order valence-electron chi connectivity index (χ4n) is 1.82. The molecule has 0 spiro atoms. The van der Waals surface area contributed by atoms with Crippen LogP contribution in [0.4, 0.5) is 5.82 Å². The molecule has 1 aliphatic carbocycles. The van der Waals surface area contributed by atoms with Crippen LogP contribution in [-0.4, -0.2) is 15.9 Å². The maximum Gasteiger partial charge on any atom is 0.229 e. The van der Waals surface area contributed by atoms with Crippen LogP contribution in [0.5, 0.6) is 0 Å². The summed E-state index contributed by atoms with van der Waals surface area (Å²) in [4.78, 5) is 19.6. The molecule has 0 saturated heterocycles. The van der Waals surface area contributed by atoms with Crippen molar-refractivity contribution in [2.24, 2.45) is 0 Å². The molecule has 0 atom stereocenters. The number of aromatic nitrogens is 2. The van der Waals surface area contributed by atoms with E-state index in [1.807, 2.05) is 0 Å². The van der Waals surface area contributed by atoms with Gasteiger partial charge in [0.25, 0.3) is 0 Å². The number of anilines is 1. The second kappa shape index (κ2) is 5.39. The molecule has 1 aromatic heterocycles. The maximum atomic E-state index is 11.7. The van der Waals surface area contributed by atoms with Gasteiger partial charge in [0.15, 0.2) is 5.82 Å². The van der Waals surface area contributed by atoms with E-state index in [0.717, 1.165) is 12.8 Å². The van der Waals surface area contributed by atoms with Gasteiger partial charge < -0.3 is 5.32 Å². The smallest absolute Gasteiger partial charge is 0.229 e. The predicted molar refractivity (Wildman–Crippen MR) is 61.8 cm³/mol. The van der Waals surface area contributed by atoms with Crippen LogP contribution in [0.25, 0.3) is 0 Å². The van der Waals surface area contributed by atoms with E-state index in [2.05, 4.69) is 21.4 Å². The van der Waals surface area contributed by atoms with Crippen molar-refractivity contribution in [1.82, 2.24) is 9.97 Å². The first-order chi connectivity index (χ1) is 7.84. The van der Waals surface area contributed by atoms with Gasteiger partial charge in [-0.05, 0) is 25.7 Å². The molecule has 0 aliphatic heterocycles. The third-order valence-corrected chi connectivity index (χ3v) is 2.60. The molecule has 0 aromatic carbocycles. The van der Waals surface area contributed by atoms with E-state index in [4.69, 9.17) is 0 Å². The van der Waals surface area contributed by atoms with Gasteiger partial charge in [-0.2, -0.15) is 0 Å². The second-order valence-electron chi connectivity index (χ2n) is 3.92. The Kier molecular flexibility index (Phi) is 3.64. The number of carbonyl (C=O) groups is 1. The summed E-state index contributed by atoms with van der Waals surface area (Å²) in [6, 6.07) is 0. The quantitative estimate of drug-likeness (QED) is 0.790. The Balaban J connectivity index is 1.87. The lowest BCUT2D eigenvalue weighted by atomic mass is 9.97. The molecule has 84 valence electrons. The van der Waals surface area contributed by atoms with Crippen molar-refractivity contribution in [3.8, 4) is 0 Å². The van der Waals surface area contributed by atoms with E-state index in [-0.39, 0.29) is 5.91 Å². The number of allylic oxidation sites excluding steroid dienone is 1. The first-order valence-corrected chi connectivity index (χ1v) is 5.58. The van der Waals surface area contributed by atoms with Crippen LogP contribution < -0.4 is 5.32 Å². The maximum absolute atomic E-state index is 11.7. The first-order valence-electron chi connectivity index (χ1n) is 5.58. The average Bonchev–Trinajstić information content (AvgIpc) is 2.31. The van der Waals surface area contributed by atoms with E-state index in [1.165, 1.54) is 18.4 Å². The fraction of sp³-hybridized carbons (Fsp3) is 0.417. The Bertz CT molecular complexity index is 387. The molecule has 16 heavy (non-hydrogen) atoms. The highest BCUT2D eigenvalue weighted by Crippen LogP contribution is 2.20. The molecule has 2 rings (SSSR count). The molecule has 1 amide bonds. The lowest BCUT2D eigenvalue weighted by Gasteiger charge is -2.11. The number of nitrogens with zero attached hydrogens (tertiary/aromatic N) is 2. The summed E-state index contributed by atoms with van der Waals surface area (Å²) in [5, 5.41) is 2.74. The van der Waals surface area contributed by atoms with Crippen molar-refractivity contribution in [1.29, 1.82) is 0 Å². The Hall–Kier alpha value is -1.71. The standard InChI is InChI=1S/C12H15N3O/c16-12(8-10-4-2-1-3-5-10)15-11-9-13-6-7-14-11/h4,6-7,9H,1-3,5,8H2,(H,14,15,16). The van der Waals surface area contributed by atoms with Gasteiger partial charge in [-0.3, -0.25) is 9.78 Å². The van der Waals surface area contributed by atoms with Gasteiger partial charge >= 0.3 is 0 Å². The minimum atomic E-state index is -0.00588.